The van der Waals surface area contributed by atoms with Gasteiger partial charge >= 0.3 is 0 Å². The molecule has 0 aliphatic carbocycles. The molecule has 126 valence electrons. The van der Waals surface area contributed by atoms with E-state index in [9.17, 15) is 10.2 Å². The molecular weight excluding hydrogens is 308 g/mol. The first-order valence-corrected chi connectivity index (χ1v) is 8.06. The maximum atomic E-state index is 9.77. The van der Waals surface area contributed by atoms with Crippen molar-refractivity contribution < 1.29 is 24.4 Å². The van der Waals surface area contributed by atoms with Crippen molar-refractivity contribution in [3.05, 3.63) is 53.6 Å². The zero-order valence-electron chi connectivity index (χ0n) is 13.4. The van der Waals surface area contributed by atoms with Gasteiger partial charge in [-0.15, -0.1) is 0 Å². The van der Waals surface area contributed by atoms with E-state index in [-0.39, 0.29) is 35.5 Å². The molecule has 0 saturated carbocycles. The summed E-state index contributed by atoms with van der Waals surface area (Å²) in [7, 11) is 1.54. The van der Waals surface area contributed by atoms with Gasteiger partial charge in [0.2, 0.25) is 0 Å². The molecule has 0 amide bonds. The fraction of sp³-hybridized carbons (Fsp3) is 0.368. The van der Waals surface area contributed by atoms with Crippen LogP contribution in [-0.4, -0.2) is 30.5 Å². The first kappa shape index (κ1) is 15.3. The van der Waals surface area contributed by atoms with Crippen LogP contribution in [0.15, 0.2) is 42.5 Å². The molecule has 2 aliphatic rings. The third-order valence-corrected chi connectivity index (χ3v) is 5.02. The predicted molar refractivity (Wildman–Crippen MR) is 87.1 cm³/mol. The van der Waals surface area contributed by atoms with Gasteiger partial charge in [0.1, 0.15) is 5.75 Å². The first-order valence-electron chi connectivity index (χ1n) is 8.06. The monoisotopic (exact) mass is 328 g/mol. The molecule has 0 bridgehead atoms. The summed E-state index contributed by atoms with van der Waals surface area (Å²) in [6.45, 7) is 1.26. The molecule has 0 unspecified atom stereocenters. The Morgan fingerprint density at radius 2 is 1.46 bits per heavy atom. The van der Waals surface area contributed by atoms with E-state index >= 15 is 0 Å². The van der Waals surface area contributed by atoms with Crippen molar-refractivity contribution in [2.75, 3.05) is 20.3 Å². The summed E-state index contributed by atoms with van der Waals surface area (Å²) in [6, 6.07) is 12.5. The number of ether oxygens (including phenoxy) is 3. The summed E-state index contributed by atoms with van der Waals surface area (Å²) in [5, 5.41) is 19.2. The average molecular weight is 328 g/mol. The van der Waals surface area contributed by atoms with Crippen LogP contribution in [0.25, 0.3) is 0 Å². The second-order valence-corrected chi connectivity index (χ2v) is 6.36. The molecule has 2 N–H and O–H groups in total. The SMILES string of the molecule is COc1cc([C@@H]2OC[C@@H]3[C@H]2CO[C@@H]3c2ccc(O)cc2)ccc1O. The van der Waals surface area contributed by atoms with Crippen LogP contribution >= 0.6 is 0 Å². The Morgan fingerprint density at radius 3 is 2.08 bits per heavy atom. The van der Waals surface area contributed by atoms with Gasteiger partial charge in [-0.3, -0.25) is 0 Å². The van der Waals surface area contributed by atoms with E-state index in [1.165, 1.54) is 7.11 Å². The molecule has 4 atom stereocenters. The Morgan fingerprint density at radius 1 is 0.875 bits per heavy atom. The summed E-state index contributed by atoms with van der Waals surface area (Å²) in [5.74, 6) is 1.37. The van der Waals surface area contributed by atoms with Crippen LogP contribution in [0.4, 0.5) is 0 Å². The van der Waals surface area contributed by atoms with Crippen LogP contribution in [0, 0.1) is 11.8 Å². The molecule has 24 heavy (non-hydrogen) atoms. The summed E-state index contributed by atoms with van der Waals surface area (Å²) < 4.78 is 17.3. The van der Waals surface area contributed by atoms with E-state index in [1.54, 1.807) is 18.2 Å². The zero-order valence-corrected chi connectivity index (χ0v) is 13.4. The molecule has 2 aliphatic heterocycles. The Bertz CT molecular complexity index is 727. The Labute approximate surface area is 140 Å². The first-order chi connectivity index (χ1) is 11.7. The van der Waals surface area contributed by atoms with Gasteiger partial charge in [-0.05, 0) is 35.4 Å². The van der Waals surface area contributed by atoms with Crippen molar-refractivity contribution in [2.24, 2.45) is 11.8 Å². The minimum Gasteiger partial charge on any atom is -0.508 e. The third kappa shape index (κ3) is 2.50. The number of benzene rings is 2. The molecule has 2 aromatic carbocycles. The van der Waals surface area contributed by atoms with Crippen molar-refractivity contribution in [1.82, 2.24) is 0 Å². The van der Waals surface area contributed by atoms with Gasteiger partial charge in [0, 0.05) is 11.8 Å². The second-order valence-electron chi connectivity index (χ2n) is 6.36. The quantitative estimate of drug-likeness (QED) is 0.906. The van der Waals surface area contributed by atoms with Gasteiger partial charge in [0.25, 0.3) is 0 Å². The van der Waals surface area contributed by atoms with Crippen molar-refractivity contribution in [3.63, 3.8) is 0 Å². The summed E-state index contributed by atoms with van der Waals surface area (Å²) in [4.78, 5) is 0. The summed E-state index contributed by atoms with van der Waals surface area (Å²) >= 11 is 0. The highest BCUT2D eigenvalue weighted by atomic mass is 16.5. The van der Waals surface area contributed by atoms with Gasteiger partial charge < -0.3 is 24.4 Å². The molecule has 2 heterocycles. The molecular formula is C19H20O5. The minimum atomic E-state index is -0.0633. The smallest absolute Gasteiger partial charge is 0.160 e. The molecule has 2 saturated heterocycles. The molecule has 2 aromatic rings. The highest BCUT2D eigenvalue weighted by molar-refractivity contribution is 5.43. The fourth-order valence-corrected chi connectivity index (χ4v) is 3.77. The van der Waals surface area contributed by atoms with Crippen LogP contribution in [0.3, 0.4) is 0 Å². The van der Waals surface area contributed by atoms with Crippen LogP contribution in [0.1, 0.15) is 23.3 Å². The van der Waals surface area contributed by atoms with Crippen LogP contribution in [-0.2, 0) is 9.47 Å². The maximum Gasteiger partial charge on any atom is 0.160 e. The normalized spacial score (nSPS) is 28.7. The molecule has 2 fully saturated rings. The van der Waals surface area contributed by atoms with Gasteiger partial charge in [-0.2, -0.15) is 0 Å². The van der Waals surface area contributed by atoms with Gasteiger partial charge in [0.05, 0.1) is 32.5 Å². The predicted octanol–water partition coefficient (Wildman–Crippen LogP) is 3.18. The van der Waals surface area contributed by atoms with Gasteiger partial charge in [-0.1, -0.05) is 18.2 Å². The largest absolute Gasteiger partial charge is 0.508 e. The average Bonchev–Trinajstić information content (AvgIpc) is 3.18. The second kappa shape index (κ2) is 6.00. The maximum absolute atomic E-state index is 9.77. The lowest BCUT2D eigenvalue weighted by Crippen LogP contribution is -2.14. The number of phenolic OH excluding ortho intramolecular Hbond substituents is 2. The standard InChI is InChI=1S/C19H20O5/c1-22-17-8-12(4-7-16(17)21)19-15-10-23-18(14(15)9-24-19)11-2-5-13(20)6-3-11/h2-8,14-15,18-21H,9-10H2,1H3/t14-,15-,18-,19+/m1/s1. The molecule has 5 heteroatoms. The van der Waals surface area contributed by atoms with Crippen molar-refractivity contribution in [1.29, 1.82) is 0 Å². The molecule has 0 spiro atoms. The number of fused-ring (bicyclic) bond motifs is 1. The number of hydrogen-bond acceptors (Lipinski definition) is 5. The van der Waals surface area contributed by atoms with Crippen LogP contribution in [0.5, 0.6) is 17.2 Å². The van der Waals surface area contributed by atoms with E-state index in [4.69, 9.17) is 14.2 Å². The topological polar surface area (TPSA) is 68.2 Å². The van der Waals surface area contributed by atoms with Crippen LogP contribution in [0.2, 0.25) is 0 Å². The van der Waals surface area contributed by atoms with E-state index in [1.807, 2.05) is 24.3 Å². The van der Waals surface area contributed by atoms with Crippen LogP contribution < -0.4 is 4.74 Å². The Hall–Kier alpha value is -2.24. The lowest BCUT2D eigenvalue weighted by molar-refractivity contribution is 0.0192. The Balaban J connectivity index is 1.57. The fourth-order valence-electron chi connectivity index (χ4n) is 3.77. The molecule has 5 nitrogen and oxygen atoms in total. The number of methoxy groups -OCH3 is 1. The van der Waals surface area contributed by atoms with E-state index in [0.717, 1.165) is 11.1 Å². The Kier molecular flexibility index (Phi) is 3.82. The zero-order chi connectivity index (χ0) is 16.7. The van der Waals surface area contributed by atoms with Crippen molar-refractivity contribution in [3.8, 4) is 17.2 Å². The molecule has 0 aromatic heterocycles. The molecule has 4 rings (SSSR count). The van der Waals surface area contributed by atoms with Gasteiger partial charge in [0.15, 0.2) is 11.5 Å². The lowest BCUT2D eigenvalue weighted by atomic mass is 9.85. The summed E-state index contributed by atoms with van der Waals surface area (Å²) in [6.07, 6.45) is -0.0776. The van der Waals surface area contributed by atoms with Crippen molar-refractivity contribution >= 4 is 0 Å². The van der Waals surface area contributed by atoms with Gasteiger partial charge in [-0.25, -0.2) is 0 Å². The molecule has 0 radical (unpaired) electrons. The van der Waals surface area contributed by atoms with E-state index < -0.39 is 0 Å². The lowest BCUT2D eigenvalue weighted by Gasteiger charge is -2.17. The third-order valence-electron chi connectivity index (χ3n) is 5.02. The van der Waals surface area contributed by atoms with Crippen molar-refractivity contribution in [2.45, 2.75) is 12.2 Å². The number of aromatic hydroxyl groups is 2. The van der Waals surface area contributed by atoms with E-state index in [2.05, 4.69) is 0 Å². The van der Waals surface area contributed by atoms with E-state index in [0.29, 0.717) is 19.0 Å². The summed E-state index contributed by atoms with van der Waals surface area (Å²) in [5.41, 5.74) is 2.06. The number of phenols is 2. The minimum absolute atomic E-state index is 0.0142. The highest BCUT2D eigenvalue weighted by Crippen LogP contribution is 2.50. The number of hydrogen-bond donors (Lipinski definition) is 2. The number of rotatable bonds is 3. The highest BCUT2D eigenvalue weighted by Gasteiger charge is 2.48.